The van der Waals surface area contributed by atoms with Crippen molar-refractivity contribution < 1.29 is 4.79 Å². The van der Waals surface area contributed by atoms with E-state index in [1.54, 1.807) is 14.0 Å². The fourth-order valence-electron chi connectivity index (χ4n) is 0.228. The summed E-state index contributed by atoms with van der Waals surface area (Å²) in [5.74, 6) is 0.0162. The monoisotopic (exact) mass is 132 g/mol. The molecule has 9 heavy (non-hydrogen) atoms. The van der Waals surface area contributed by atoms with Crippen LogP contribution in [0, 0.1) is 0 Å². The van der Waals surface area contributed by atoms with E-state index in [0.29, 0.717) is 6.42 Å². The molecule has 0 rings (SSSR count). The maximum atomic E-state index is 10.2. The van der Waals surface area contributed by atoms with Crippen LogP contribution in [0.3, 0.4) is 0 Å². The van der Waals surface area contributed by atoms with Gasteiger partial charge in [-0.3, -0.25) is 10.2 Å². The molecule has 0 aromatic heterocycles. The lowest BCUT2D eigenvalue weighted by atomic mass is 10.5. The fourth-order valence-corrected chi connectivity index (χ4v) is 0.228. The van der Waals surface area contributed by atoms with Gasteiger partial charge < -0.3 is 0 Å². The molecule has 3 heteroatoms. The molecule has 0 atom stereocenters. The molecule has 0 bridgehead atoms. The average Bonchev–Trinajstić information content (AvgIpc) is 1.93. The minimum absolute atomic E-state index is 0.0162. The van der Waals surface area contributed by atoms with E-state index >= 15 is 0 Å². The molecule has 0 heterocycles. The molecule has 0 fully saturated rings. The molecular weight excluding hydrogens is 116 g/mol. The Morgan fingerprint density at radius 1 is 1.44 bits per heavy atom. The first-order valence-electron chi connectivity index (χ1n) is 3.26. The van der Waals surface area contributed by atoms with Gasteiger partial charge in [0.25, 0.3) is 0 Å². The third-order valence-electron chi connectivity index (χ3n) is 0.586. The topological polar surface area (TPSA) is 41.1 Å². The van der Waals surface area contributed by atoms with E-state index in [1.165, 1.54) is 0 Å². The molecule has 0 aromatic carbocycles. The van der Waals surface area contributed by atoms with E-state index in [4.69, 9.17) is 0 Å². The first kappa shape index (κ1) is 11.3. The first-order chi connectivity index (χ1) is 4.31. The van der Waals surface area contributed by atoms with Gasteiger partial charge in [0.2, 0.25) is 5.91 Å². The molecule has 0 aliphatic carbocycles. The summed E-state index contributed by atoms with van der Waals surface area (Å²) in [4.78, 5) is 10.2. The highest BCUT2D eigenvalue weighted by Gasteiger charge is 1.88. The van der Waals surface area contributed by atoms with Gasteiger partial charge in [-0.25, -0.2) is 5.43 Å². The van der Waals surface area contributed by atoms with Crippen molar-refractivity contribution in [1.29, 1.82) is 0 Å². The number of nitrogens with one attached hydrogen (secondary N) is 2. The predicted octanol–water partition coefficient (Wildman–Crippen LogP) is 0.673. The number of amides is 1. The molecule has 0 radical (unpaired) electrons. The fraction of sp³-hybridized carbons (Fsp3) is 0.833. The van der Waals surface area contributed by atoms with Crippen LogP contribution < -0.4 is 10.9 Å². The highest BCUT2D eigenvalue weighted by Crippen LogP contribution is 1.68. The predicted molar refractivity (Wildman–Crippen MR) is 38.8 cm³/mol. The van der Waals surface area contributed by atoms with Gasteiger partial charge in [-0.2, -0.15) is 0 Å². The number of rotatable bonds is 2. The maximum Gasteiger partial charge on any atom is 0.233 e. The molecule has 0 aliphatic heterocycles. The summed E-state index contributed by atoms with van der Waals surface area (Å²) in [6.45, 7) is 5.80. The molecule has 1 amide bonds. The minimum atomic E-state index is 0.0162. The van der Waals surface area contributed by atoms with Crippen LogP contribution in [-0.4, -0.2) is 13.0 Å². The molecule has 0 aromatic rings. The van der Waals surface area contributed by atoms with Crippen LogP contribution in [0.2, 0.25) is 0 Å². The normalized spacial score (nSPS) is 7.11. The van der Waals surface area contributed by atoms with Crippen molar-refractivity contribution in [3.63, 3.8) is 0 Å². The zero-order valence-corrected chi connectivity index (χ0v) is 6.62. The van der Waals surface area contributed by atoms with Gasteiger partial charge in [0, 0.05) is 13.5 Å². The number of hydrogen-bond acceptors (Lipinski definition) is 2. The van der Waals surface area contributed by atoms with Gasteiger partial charge in [-0.15, -0.1) is 0 Å². The molecule has 0 spiro atoms. The van der Waals surface area contributed by atoms with Crippen LogP contribution >= 0.6 is 0 Å². The molecule has 0 unspecified atom stereocenters. The molecule has 0 saturated carbocycles. The van der Waals surface area contributed by atoms with E-state index in [9.17, 15) is 4.79 Å². The maximum absolute atomic E-state index is 10.2. The highest BCUT2D eigenvalue weighted by atomic mass is 16.2. The summed E-state index contributed by atoms with van der Waals surface area (Å²) in [6, 6.07) is 0. The van der Waals surface area contributed by atoms with Gasteiger partial charge >= 0.3 is 0 Å². The van der Waals surface area contributed by atoms with Crippen LogP contribution in [-0.2, 0) is 4.79 Å². The SMILES string of the molecule is CC.CCC(=O)NNC. The summed E-state index contributed by atoms with van der Waals surface area (Å²) in [5.41, 5.74) is 4.93. The standard InChI is InChI=1S/C4H10N2O.C2H6/c1-3-4(7)6-5-2;1-2/h5H,3H2,1-2H3,(H,6,7);1-2H3. The van der Waals surface area contributed by atoms with E-state index in [0.717, 1.165) is 0 Å². The molecule has 3 nitrogen and oxygen atoms in total. The molecule has 0 saturated heterocycles. The van der Waals surface area contributed by atoms with E-state index in [2.05, 4.69) is 10.9 Å². The van der Waals surface area contributed by atoms with Gasteiger partial charge in [-0.1, -0.05) is 20.8 Å². The summed E-state index contributed by atoms with van der Waals surface area (Å²) in [7, 11) is 1.66. The van der Waals surface area contributed by atoms with Crippen molar-refractivity contribution in [2.45, 2.75) is 27.2 Å². The quantitative estimate of drug-likeness (QED) is 0.542. The van der Waals surface area contributed by atoms with E-state index in [1.807, 2.05) is 13.8 Å². The van der Waals surface area contributed by atoms with E-state index < -0.39 is 0 Å². The summed E-state index contributed by atoms with van der Waals surface area (Å²) >= 11 is 0. The highest BCUT2D eigenvalue weighted by molar-refractivity contribution is 5.74. The lowest BCUT2D eigenvalue weighted by molar-refractivity contribution is -0.121. The number of hydrogen-bond donors (Lipinski definition) is 2. The van der Waals surface area contributed by atoms with Crippen LogP contribution in [0.15, 0.2) is 0 Å². The Hall–Kier alpha value is -0.570. The summed E-state index contributed by atoms with van der Waals surface area (Å²) in [6.07, 6.45) is 0.529. The van der Waals surface area contributed by atoms with Crippen molar-refractivity contribution in [2.24, 2.45) is 0 Å². The van der Waals surface area contributed by atoms with Crippen molar-refractivity contribution in [3.8, 4) is 0 Å². The van der Waals surface area contributed by atoms with Gasteiger partial charge in [0.05, 0.1) is 0 Å². The molecular formula is C6H16N2O. The molecule has 2 N–H and O–H groups in total. The average molecular weight is 132 g/mol. The van der Waals surface area contributed by atoms with Crippen molar-refractivity contribution in [2.75, 3.05) is 7.05 Å². The third-order valence-corrected chi connectivity index (χ3v) is 0.586. The Balaban J connectivity index is 0. The van der Waals surface area contributed by atoms with Crippen LogP contribution in [0.5, 0.6) is 0 Å². The zero-order valence-electron chi connectivity index (χ0n) is 6.62. The van der Waals surface area contributed by atoms with Crippen LogP contribution in [0.4, 0.5) is 0 Å². The Kier molecular flexibility index (Phi) is 13.0. The Morgan fingerprint density at radius 2 is 1.89 bits per heavy atom. The van der Waals surface area contributed by atoms with Crippen molar-refractivity contribution in [3.05, 3.63) is 0 Å². The van der Waals surface area contributed by atoms with Crippen LogP contribution in [0.25, 0.3) is 0 Å². The Bertz CT molecular complexity index is 64.1. The second-order valence-electron chi connectivity index (χ2n) is 1.15. The Labute approximate surface area is 56.8 Å². The smallest absolute Gasteiger partial charge is 0.233 e. The second-order valence-corrected chi connectivity index (χ2v) is 1.15. The van der Waals surface area contributed by atoms with Crippen molar-refractivity contribution in [1.82, 2.24) is 10.9 Å². The van der Waals surface area contributed by atoms with Gasteiger partial charge in [0.15, 0.2) is 0 Å². The van der Waals surface area contributed by atoms with Gasteiger partial charge in [-0.05, 0) is 0 Å². The largest absolute Gasteiger partial charge is 0.292 e. The number of hydrazine groups is 1. The molecule has 0 aliphatic rings. The second kappa shape index (κ2) is 10.4. The summed E-state index contributed by atoms with van der Waals surface area (Å²) in [5, 5.41) is 0. The van der Waals surface area contributed by atoms with Crippen molar-refractivity contribution >= 4 is 5.91 Å². The molecule has 56 valence electrons. The van der Waals surface area contributed by atoms with Gasteiger partial charge in [0.1, 0.15) is 0 Å². The zero-order chi connectivity index (χ0) is 7.70. The third kappa shape index (κ3) is 11.2. The summed E-state index contributed by atoms with van der Waals surface area (Å²) < 4.78 is 0. The van der Waals surface area contributed by atoms with Crippen LogP contribution in [0.1, 0.15) is 27.2 Å². The number of carbonyl (C=O) groups is 1. The minimum Gasteiger partial charge on any atom is -0.292 e. The number of carbonyl (C=O) groups excluding carboxylic acids is 1. The van der Waals surface area contributed by atoms with E-state index in [-0.39, 0.29) is 5.91 Å². The lowest BCUT2D eigenvalue weighted by Gasteiger charge is -1.95. The lowest BCUT2D eigenvalue weighted by Crippen LogP contribution is -2.33. The first-order valence-corrected chi connectivity index (χ1v) is 3.26. The Morgan fingerprint density at radius 3 is 2.00 bits per heavy atom.